The molecule has 0 unspecified atom stereocenters. The Labute approximate surface area is 285 Å². The summed E-state index contributed by atoms with van der Waals surface area (Å²) in [6, 6.07) is 15.6. The molecule has 11 nitrogen and oxygen atoms in total. The van der Waals surface area contributed by atoms with Crippen LogP contribution in [0.1, 0.15) is 83.2 Å². The third-order valence-corrected chi connectivity index (χ3v) is 8.94. The highest BCUT2D eigenvalue weighted by Gasteiger charge is 2.19. The lowest BCUT2D eigenvalue weighted by molar-refractivity contribution is 0.574. The van der Waals surface area contributed by atoms with Crippen molar-refractivity contribution in [1.82, 2.24) is 19.9 Å². The SMILES string of the molecule is CC(C)(C)c1cc(CCCCN)cc(S(C)(=O)=O)c1.CC(C)(C)c1cc2cn(-c3ccc(CNCCCN=C(N)N)cc3)c(=O)nc2[nH]1. The molecular weight excluding hydrogens is 625 g/mol. The summed E-state index contributed by atoms with van der Waals surface area (Å²) in [4.78, 5) is 24.3. The van der Waals surface area contributed by atoms with E-state index in [1.165, 1.54) is 6.26 Å². The quantitative estimate of drug-likeness (QED) is 0.0827. The highest BCUT2D eigenvalue weighted by molar-refractivity contribution is 7.90. The molecule has 2 aromatic heterocycles. The van der Waals surface area contributed by atoms with Gasteiger partial charge in [-0.1, -0.05) is 59.7 Å². The molecule has 4 rings (SSSR count). The monoisotopic (exact) mass is 678 g/mol. The molecule has 0 radical (unpaired) electrons. The summed E-state index contributed by atoms with van der Waals surface area (Å²) in [6.45, 7) is 15.5. The second kappa shape index (κ2) is 16.4. The Bertz CT molecular complexity index is 1840. The minimum atomic E-state index is -3.16. The lowest BCUT2D eigenvalue weighted by atomic mass is 9.86. The van der Waals surface area contributed by atoms with Crippen LogP contribution in [0.4, 0.5) is 0 Å². The zero-order chi connectivity index (χ0) is 35.7. The van der Waals surface area contributed by atoms with Crippen LogP contribution in [-0.2, 0) is 33.6 Å². The normalized spacial score (nSPS) is 12.1. The van der Waals surface area contributed by atoms with Gasteiger partial charge in [-0.2, -0.15) is 4.98 Å². The summed E-state index contributed by atoms with van der Waals surface area (Å²) >= 11 is 0. The van der Waals surface area contributed by atoms with E-state index in [9.17, 15) is 13.2 Å². The fourth-order valence-corrected chi connectivity index (χ4v) is 5.63. The Morgan fingerprint density at radius 2 is 1.62 bits per heavy atom. The molecule has 12 heteroatoms. The van der Waals surface area contributed by atoms with Crippen LogP contribution in [0.2, 0.25) is 0 Å². The van der Waals surface area contributed by atoms with Gasteiger partial charge in [0, 0.05) is 42.0 Å². The van der Waals surface area contributed by atoms with Crippen molar-refractivity contribution in [2.45, 2.75) is 89.5 Å². The fraction of sp³-hybridized carbons (Fsp3) is 0.472. The molecule has 8 N–H and O–H groups in total. The highest BCUT2D eigenvalue weighted by Crippen LogP contribution is 2.27. The molecule has 0 saturated carbocycles. The van der Waals surface area contributed by atoms with Gasteiger partial charge < -0.3 is 27.5 Å². The lowest BCUT2D eigenvalue weighted by Gasteiger charge is -2.21. The third kappa shape index (κ3) is 11.6. The summed E-state index contributed by atoms with van der Waals surface area (Å²) in [5.41, 5.74) is 21.5. The van der Waals surface area contributed by atoms with Gasteiger partial charge >= 0.3 is 5.69 Å². The van der Waals surface area contributed by atoms with E-state index in [4.69, 9.17) is 17.2 Å². The van der Waals surface area contributed by atoms with E-state index in [2.05, 4.69) is 74.0 Å². The van der Waals surface area contributed by atoms with Gasteiger partial charge in [0.1, 0.15) is 5.65 Å². The summed E-state index contributed by atoms with van der Waals surface area (Å²) < 4.78 is 25.1. The zero-order valence-corrected chi connectivity index (χ0v) is 30.4. The number of rotatable bonds is 12. The second-order valence-corrected chi connectivity index (χ2v) is 16.3. The zero-order valence-electron chi connectivity index (χ0n) is 29.6. The van der Waals surface area contributed by atoms with Crippen molar-refractivity contribution in [2.75, 3.05) is 25.9 Å². The summed E-state index contributed by atoms with van der Waals surface area (Å²) in [6.07, 6.45) is 6.81. The summed E-state index contributed by atoms with van der Waals surface area (Å²) in [5.74, 6) is 0.123. The van der Waals surface area contributed by atoms with Gasteiger partial charge in [-0.15, -0.1) is 0 Å². The van der Waals surface area contributed by atoms with Gasteiger partial charge in [-0.25, -0.2) is 13.2 Å². The predicted molar refractivity (Wildman–Crippen MR) is 198 cm³/mol. The number of H-pyrrole nitrogens is 1. The van der Waals surface area contributed by atoms with Crippen LogP contribution in [0.25, 0.3) is 16.7 Å². The molecule has 2 heterocycles. The Hall–Kier alpha value is -4.00. The van der Waals surface area contributed by atoms with E-state index in [0.29, 0.717) is 23.6 Å². The first-order valence-corrected chi connectivity index (χ1v) is 18.3. The van der Waals surface area contributed by atoms with E-state index in [1.807, 2.05) is 30.5 Å². The molecule has 4 aromatic rings. The van der Waals surface area contributed by atoms with E-state index < -0.39 is 9.84 Å². The second-order valence-electron chi connectivity index (χ2n) is 14.3. The standard InChI is InChI=1S/C21H29N7O.C15H25NO2S/c1-21(2,3)17-11-15-13-28(20(29)27-18(15)26-17)16-7-5-14(6-8-16)12-24-9-4-10-25-19(22)23;1-15(2,3)13-9-12(7-5-6-8-16)10-14(11-13)19(4,17)18/h5-8,11,13,24H,4,9-10,12H2,1-3H3,(H4,22,23,25)(H,26,27,29);9-11H,5-8,16H2,1-4H3. The average Bonchev–Trinajstić information content (AvgIpc) is 3.42. The number of benzene rings is 2. The van der Waals surface area contributed by atoms with Crippen LogP contribution < -0.4 is 28.2 Å². The molecule has 0 atom stereocenters. The maximum absolute atomic E-state index is 12.5. The van der Waals surface area contributed by atoms with Crippen LogP contribution in [0.5, 0.6) is 0 Å². The van der Waals surface area contributed by atoms with Gasteiger partial charge in [-0.3, -0.25) is 9.56 Å². The average molecular weight is 679 g/mol. The van der Waals surface area contributed by atoms with Crippen LogP contribution in [0, 0.1) is 0 Å². The topological polar surface area (TPSA) is 187 Å². The van der Waals surface area contributed by atoms with E-state index in [0.717, 1.165) is 72.2 Å². The number of nitrogens with zero attached hydrogens (tertiary/aromatic N) is 3. The Balaban J connectivity index is 0.000000286. The van der Waals surface area contributed by atoms with Crippen molar-refractivity contribution < 1.29 is 8.42 Å². The van der Waals surface area contributed by atoms with E-state index in [1.54, 1.807) is 16.7 Å². The number of hydrogen-bond acceptors (Lipinski definition) is 7. The molecule has 0 aliphatic rings. The van der Waals surface area contributed by atoms with Crippen molar-refractivity contribution in [3.8, 4) is 5.69 Å². The van der Waals surface area contributed by atoms with Crippen molar-refractivity contribution in [3.05, 3.63) is 87.6 Å². The van der Waals surface area contributed by atoms with Gasteiger partial charge in [0.2, 0.25) is 0 Å². The summed E-state index contributed by atoms with van der Waals surface area (Å²) in [7, 11) is -3.16. The lowest BCUT2D eigenvalue weighted by Crippen LogP contribution is -2.23. The minimum Gasteiger partial charge on any atom is -0.370 e. The van der Waals surface area contributed by atoms with Gasteiger partial charge in [-0.05, 0) is 91.2 Å². The Morgan fingerprint density at radius 3 is 2.21 bits per heavy atom. The number of unbranched alkanes of at least 4 members (excludes halogenated alkanes) is 1. The number of nitrogens with two attached hydrogens (primary N) is 3. The number of nitrogens with one attached hydrogen (secondary N) is 2. The van der Waals surface area contributed by atoms with Crippen LogP contribution in [-0.4, -0.2) is 54.8 Å². The number of aryl methyl sites for hydroxylation is 1. The number of sulfone groups is 1. The Morgan fingerprint density at radius 1 is 0.938 bits per heavy atom. The van der Waals surface area contributed by atoms with Crippen LogP contribution in [0.15, 0.2) is 69.4 Å². The summed E-state index contributed by atoms with van der Waals surface area (Å²) in [5, 5.41) is 4.27. The van der Waals surface area contributed by atoms with Crippen LogP contribution in [0.3, 0.4) is 0 Å². The molecule has 0 fully saturated rings. The minimum absolute atomic E-state index is 0.0352. The van der Waals surface area contributed by atoms with Crippen LogP contribution >= 0.6 is 0 Å². The van der Waals surface area contributed by atoms with Crippen molar-refractivity contribution in [2.24, 2.45) is 22.2 Å². The highest BCUT2D eigenvalue weighted by atomic mass is 32.2. The third-order valence-electron chi connectivity index (χ3n) is 7.85. The van der Waals surface area contributed by atoms with Gasteiger partial charge in [0.05, 0.1) is 10.6 Å². The first-order chi connectivity index (χ1) is 22.4. The molecule has 0 saturated heterocycles. The predicted octanol–water partition coefficient (Wildman–Crippen LogP) is 4.43. The van der Waals surface area contributed by atoms with E-state index >= 15 is 0 Å². The molecule has 48 heavy (non-hydrogen) atoms. The molecule has 2 aromatic carbocycles. The Kier molecular flexibility index (Phi) is 13.1. The molecule has 0 amide bonds. The molecule has 0 aliphatic heterocycles. The molecule has 262 valence electrons. The van der Waals surface area contributed by atoms with Gasteiger partial charge in [0.25, 0.3) is 0 Å². The smallest absolute Gasteiger partial charge is 0.354 e. The number of aliphatic imine (C=N–C) groups is 1. The largest absolute Gasteiger partial charge is 0.370 e. The number of guanidine groups is 1. The number of fused-ring (bicyclic) bond motifs is 1. The van der Waals surface area contributed by atoms with Crippen molar-refractivity contribution in [1.29, 1.82) is 0 Å². The number of aromatic amines is 1. The van der Waals surface area contributed by atoms with Gasteiger partial charge in [0.15, 0.2) is 15.8 Å². The van der Waals surface area contributed by atoms with E-state index in [-0.39, 0.29) is 22.5 Å². The maximum Gasteiger partial charge on any atom is 0.354 e. The van der Waals surface area contributed by atoms with Crippen molar-refractivity contribution >= 4 is 26.8 Å². The molecular formula is C36H54N8O3S. The van der Waals surface area contributed by atoms with Crippen molar-refractivity contribution in [3.63, 3.8) is 0 Å². The first-order valence-electron chi connectivity index (χ1n) is 16.4. The molecule has 0 bridgehead atoms. The number of aromatic nitrogens is 3. The molecule has 0 spiro atoms. The number of hydrogen-bond donors (Lipinski definition) is 5. The first kappa shape index (κ1) is 38.4. The molecule has 0 aliphatic carbocycles. The fourth-order valence-electron chi connectivity index (χ4n) is 4.93. The maximum atomic E-state index is 12.5.